The maximum absolute atomic E-state index is 12.9. The number of halogens is 3. The van der Waals surface area contributed by atoms with Crippen molar-refractivity contribution in [3.05, 3.63) is 34.4 Å². The van der Waals surface area contributed by atoms with E-state index in [2.05, 4.69) is 15.5 Å². The van der Waals surface area contributed by atoms with Crippen LogP contribution >= 0.6 is 0 Å². The van der Waals surface area contributed by atoms with Crippen molar-refractivity contribution in [2.45, 2.75) is 39.7 Å². The smallest absolute Gasteiger partial charge is 0.394 e. The van der Waals surface area contributed by atoms with Gasteiger partial charge in [0.05, 0.1) is 18.8 Å². The fourth-order valence-corrected chi connectivity index (χ4v) is 2.53. The van der Waals surface area contributed by atoms with Crippen LogP contribution in [0.25, 0.3) is 0 Å². The Labute approximate surface area is 131 Å². The number of aliphatic hydroxyl groups excluding tert-OH is 1. The van der Waals surface area contributed by atoms with E-state index in [1.165, 1.54) is 13.2 Å². The van der Waals surface area contributed by atoms with Gasteiger partial charge in [-0.3, -0.25) is 9.36 Å². The second-order valence-electron chi connectivity index (χ2n) is 5.37. The highest BCUT2D eigenvalue weighted by atomic mass is 19.4. The number of hydrogen-bond acceptors (Lipinski definition) is 4. The predicted octanol–water partition coefficient (Wildman–Crippen LogP) is 1.53. The first-order valence-corrected chi connectivity index (χ1v) is 7.18. The molecule has 0 radical (unpaired) electrons. The van der Waals surface area contributed by atoms with Gasteiger partial charge in [0.1, 0.15) is 0 Å². The van der Waals surface area contributed by atoms with Crippen LogP contribution in [0.4, 0.5) is 13.2 Å². The number of alkyl halides is 3. The average Bonchev–Trinajstić information content (AvgIpc) is 2.94. The quantitative estimate of drug-likeness (QED) is 0.842. The Morgan fingerprint density at radius 1 is 1.22 bits per heavy atom. The normalized spacial score (nSPS) is 12.1. The Bertz CT molecular complexity index is 675. The summed E-state index contributed by atoms with van der Waals surface area (Å²) in [6.45, 7) is 4.55. The maximum Gasteiger partial charge on any atom is 0.435 e. The first-order valence-electron chi connectivity index (χ1n) is 7.18. The molecule has 0 unspecified atom stereocenters. The van der Waals surface area contributed by atoms with Crippen molar-refractivity contribution in [2.24, 2.45) is 7.05 Å². The second kappa shape index (κ2) is 6.71. The third-order valence-corrected chi connectivity index (χ3v) is 3.63. The van der Waals surface area contributed by atoms with Gasteiger partial charge in [-0.2, -0.15) is 23.4 Å². The number of aromatic nitrogens is 4. The summed E-state index contributed by atoms with van der Waals surface area (Å²) in [6, 6.07) is 0. The zero-order chi connectivity index (χ0) is 17.2. The van der Waals surface area contributed by atoms with E-state index < -0.39 is 11.9 Å². The highest BCUT2D eigenvalue weighted by Crippen LogP contribution is 2.30. The van der Waals surface area contributed by atoms with Crippen LogP contribution in [-0.4, -0.2) is 31.3 Å². The van der Waals surface area contributed by atoms with Crippen molar-refractivity contribution in [1.82, 2.24) is 24.9 Å². The first-order chi connectivity index (χ1) is 10.7. The number of nitrogens with zero attached hydrogens (tertiary/aromatic N) is 4. The van der Waals surface area contributed by atoms with Gasteiger partial charge in [0.25, 0.3) is 0 Å². The highest BCUT2D eigenvalue weighted by molar-refractivity contribution is 5.25. The van der Waals surface area contributed by atoms with Crippen LogP contribution < -0.4 is 5.32 Å². The van der Waals surface area contributed by atoms with Crippen LogP contribution in [0.1, 0.15) is 28.2 Å². The van der Waals surface area contributed by atoms with E-state index in [1.807, 2.05) is 13.8 Å². The van der Waals surface area contributed by atoms with Gasteiger partial charge in [-0.25, -0.2) is 0 Å². The topological polar surface area (TPSA) is 67.9 Å². The SMILES string of the molecule is Cc1nn(CCO)c(C)c1CNCc1cn(C)nc1C(F)(F)F. The Morgan fingerprint density at radius 2 is 1.91 bits per heavy atom. The Balaban J connectivity index is 2.06. The third kappa shape index (κ3) is 3.91. The summed E-state index contributed by atoms with van der Waals surface area (Å²) in [5.41, 5.74) is 1.86. The molecule has 128 valence electrons. The molecule has 23 heavy (non-hydrogen) atoms. The number of aliphatic hydroxyl groups is 1. The first kappa shape index (κ1) is 17.5. The minimum atomic E-state index is -4.46. The Kier molecular flexibility index (Phi) is 5.10. The fraction of sp³-hybridized carbons (Fsp3) is 0.571. The molecule has 9 heteroatoms. The molecule has 2 rings (SSSR count). The standard InChI is InChI=1S/C14H20F3N5O/c1-9-12(10(2)22(19-9)4-5-23)7-18-6-11-8-21(3)20-13(11)14(15,16)17/h8,18,23H,4-7H2,1-3H3. The van der Waals surface area contributed by atoms with Crippen LogP contribution in [0, 0.1) is 13.8 Å². The number of hydrogen-bond donors (Lipinski definition) is 2. The van der Waals surface area contributed by atoms with Gasteiger partial charge >= 0.3 is 6.18 Å². The molecule has 0 aliphatic rings. The van der Waals surface area contributed by atoms with Gasteiger partial charge in [0, 0.05) is 43.2 Å². The lowest BCUT2D eigenvalue weighted by Crippen LogP contribution is -2.17. The fourth-order valence-electron chi connectivity index (χ4n) is 2.53. The minimum absolute atomic E-state index is 0.0144. The van der Waals surface area contributed by atoms with Crippen LogP contribution in [0.15, 0.2) is 6.20 Å². The Hall–Kier alpha value is -1.87. The summed E-state index contributed by atoms with van der Waals surface area (Å²) in [5, 5.41) is 19.8. The van der Waals surface area contributed by atoms with E-state index in [0.29, 0.717) is 13.1 Å². The summed E-state index contributed by atoms with van der Waals surface area (Å²) in [7, 11) is 1.46. The molecule has 2 N–H and O–H groups in total. The molecule has 0 saturated heterocycles. The molecule has 0 fully saturated rings. The number of aryl methyl sites for hydroxylation is 2. The summed E-state index contributed by atoms with van der Waals surface area (Å²) in [4.78, 5) is 0. The van der Waals surface area contributed by atoms with Crippen molar-refractivity contribution in [3.8, 4) is 0 Å². The molecular weight excluding hydrogens is 311 g/mol. The van der Waals surface area contributed by atoms with Crippen LogP contribution in [0.3, 0.4) is 0 Å². The molecule has 0 aliphatic carbocycles. The van der Waals surface area contributed by atoms with E-state index in [4.69, 9.17) is 5.11 Å². The predicted molar refractivity (Wildman–Crippen MR) is 77.5 cm³/mol. The monoisotopic (exact) mass is 331 g/mol. The van der Waals surface area contributed by atoms with Gasteiger partial charge in [0.15, 0.2) is 5.69 Å². The lowest BCUT2D eigenvalue weighted by molar-refractivity contribution is -0.142. The molecule has 0 bridgehead atoms. The van der Waals surface area contributed by atoms with Crippen molar-refractivity contribution in [1.29, 1.82) is 0 Å². The molecule has 0 atom stereocenters. The average molecular weight is 331 g/mol. The van der Waals surface area contributed by atoms with Crippen LogP contribution in [-0.2, 0) is 32.9 Å². The maximum atomic E-state index is 12.9. The lowest BCUT2D eigenvalue weighted by Gasteiger charge is -2.08. The zero-order valence-corrected chi connectivity index (χ0v) is 13.3. The van der Waals surface area contributed by atoms with Crippen molar-refractivity contribution in [2.75, 3.05) is 6.61 Å². The molecular formula is C14H20F3N5O. The third-order valence-electron chi connectivity index (χ3n) is 3.63. The minimum Gasteiger partial charge on any atom is -0.394 e. The van der Waals surface area contributed by atoms with E-state index >= 15 is 0 Å². The van der Waals surface area contributed by atoms with E-state index in [9.17, 15) is 13.2 Å². The molecule has 0 amide bonds. The second-order valence-corrected chi connectivity index (χ2v) is 5.37. The van der Waals surface area contributed by atoms with Gasteiger partial charge < -0.3 is 10.4 Å². The Morgan fingerprint density at radius 3 is 2.52 bits per heavy atom. The molecule has 0 aromatic carbocycles. The number of nitrogens with one attached hydrogen (secondary N) is 1. The molecule has 2 aromatic heterocycles. The molecule has 0 aliphatic heterocycles. The van der Waals surface area contributed by atoms with Crippen molar-refractivity contribution in [3.63, 3.8) is 0 Å². The zero-order valence-electron chi connectivity index (χ0n) is 13.3. The van der Waals surface area contributed by atoms with Gasteiger partial charge in [-0.15, -0.1) is 0 Å². The van der Waals surface area contributed by atoms with Crippen molar-refractivity contribution >= 4 is 0 Å². The highest BCUT2D eigenvalue weighted by Gasteiger charge is 2.36. The largest absolute Gasteiger partial charge is 0.435 e. The molecule has 2 aromatic rings. The van der Waals surface area contributed by atoms with Crippen molar-refractivity contribution < 1.29 is 18.3 Å². The van der Waals surface area contributed by atoms with E-state index in [0.717, 1.165) is 21.6 Å². The van der Waals surface area contributed by atoms with Gasteiger partial charge in [-0.1, -0.05) is 0 Å². The lowest BCUT2D eigenvalue weighted by atomic mass is 10.2. The van der Waals surface area contributed by atoms with Gasteiger partial charge in [0.2, 0.25) is 0 Å². The summed E-state index contributed by atoms with van der Waals surface area (Å²) in [5.74, 6) is 0. The molecule has 0 spiro atoms. The van der Waals surface area contributed by atoms with Gasteiger partial charge in [-0.05, 0) is 13.8 Å². The van der Waals surface area contributed by atoms with E-state index in [1.54, 1.807) is 4.68 Å². The van der Waals surface area contributed by atoms with Crippen LogP contribution in [0.2, 0.25) is 0 Å². The summed E-state index contributed by atoms with van der Waals surface area (Å²) >= 11 is 0. The summed E-state index contributed by atoms with van der Waals surface area (Å²) in [6.07, 6.45) is -3.10. The molecule has 2 heterocycles. The molecule has 6 nitrogen and oxygen atoms in total. The van der Waals surface area contributed by atoms with Crippen LogP contribution in [0.5, 0.6) is 0 Å². The number of rotatable bonds is 6. The van der Waals surface area contributed by atoms with E-state index in [-0.39, 0.29) is 18.7 Å². The molecule has 0 saturated carbocycles. The summed E-state index contributed by atoms with van der Waals surface area (Å²) < 4.78 is 41.5.